The molecule has 0 radical (unpaired) electrons. The van der Waals surface area contributed by atoms with E-state index in [4.69, 9.17) is 0 Å². The van der Waals surface area contributed by atoms with Crippen molar-refractivity contribution >= 4 is 23.3 Å². The summed E-state index contributed by atoms with van der Waals surface area (Å²) in [5.41, 5.74) is 0. The summed E-state index contributed by atoms with van der Waals surface area (Å²) in [5, 5.41) is 3.52. The molecule has 1 fully saturated rings. The van der Waals surface area contributed by atoms with Gasteiger partial charge in [-0.15, -0.1) is 0 Å². The van der Waals surface area contributed by atoms with Gasteiger partial charge < -0.3 is 5.32 Å². The van der Waals surface area contributed by atoms with Crippen molar-refractivity contribution in [3.63, 3.8) is 0 Å². The van der Waals surface area contributed by atoms with Crippen molar-refractivity contribution in [1.29, 1.82) is 0 Å². The molecular weight excluding hydrogens is 214 g/mol. The first-order chi connectivity index (χ1) is 6.95. The fraction of sp³-hybridized carbons (Fsp3) is 0.778. The van der Waals surface area contributed by atoms with E-state index >= 15 is 0 Å². The second-order valence-corrected chi connectivity index (χ2v) is 5.61. The maximum Gasteiger partial charge on any atom is 0.169 e. The van der Waals surface area contributed by atoms with Crippen LogP contribution in [0, 0.1) is 0 Å². The van der Waals surface area contributed by atoms with Gasteiger partial charge in [0, 0.05) is 11.8 Å². The third-order valence-corrected chi connectivity index (χ3v) is 4.31. The van der Waals surface area contributed by atoms with E-state index < -0.39 is 0 Å². The van der Waals surface area contributed by atoms with Crippen molar-refractivity contribution in [2.24, 2.45) is 0 Å². The Morgan fingerprint density at radius 1 is 1.64 bits per heavy atom. The van der Waals surface area contributed by atoms with Crippen LogP contribution in [0.25, 0.3) is 0 Å². The molecule has 0 spiro atoms. The first kappa shape index (κ1) is 10.4. The van der Waals surface area contributed by atoms with E-state index in [2.05, 4.69) is 14.7 Å². The lowest BCUT2D eigenvalue weighted by Crippen LogP contribution is -2.20. The Kier molecular flexibility index (Phi) is 4.21. The monoisotopic (exact) mass is 229 g/mol. The molecule has 0 aliphatic carbocycles. The van der Waals surface area contributed by atoms with Crippen LogP contribution >= 0.6 is 23.3 Å². The normalized spacial score (nSPS) is 21.6. The Balaban J connectivity index is 1.55. The Morgan fingerprint density at radius 2 is 2.64 bits per heavy atom. The number of hydrogen-bond acceptors (Lipinski definition) is 5. The van der Waals surface area contributed by atoms with Crippen LogP contribution in [0.1, 0.15) is 25.7 Å². The van der Waals surface area contributed by atoms with Gasteiger partial charge in [-0.1, -0.05) is 11.8 Å². The summed E-state index contributed by atoms with van der Waals surface area (Å²) in [6, 6.07) is 0.782. The molecule has 5 heteroatoms. The van der Waals surface area contributed by atoms with E-state index in [1.54, 1.807) is 6.33 Å². The van der Waals surface area contributed by atoms with Crippen LogP contribution < -0.4 is 5.32 Å². The van der Waals surface area contributed by atoms with Crippen molar-refractivity contribution in [3.8, 4) is 0 Å². The van der Waals surface area contributed by atoms with E-state index in [0.29, 0.717) is 0 Å². The molecule has 0 bridgehead atoms. The Labute approximate surface area is 92.9 Å². The van der Waals surface area contributed by atoms with E-state index in [1.165, 1.54) is 49.5 Å². The molecule has 1 atom stereocenters. The maximum atomic E-state index is 4.14. The zero-order valence-corrected chi connectivity index (χ0v) is 9.74. The molecule has 1 aromatic rings. The SMILES string of the molecule is c1nsc(SCCCC2CCCN2)n1. The lowest BCUT2D eigenvalue weighted by atomic mass is 10.1. The predicted octanol–water partition coefficient (Wildman–Crippen LogP) is 2.16. The second-order valence-electron chi connectivity index (χ2n) is 3.49. The van der Waals surface area contributed by atoms with Crippen LogP contribution in [0.3, 0.4) is 0 Å². The third-order valence-electron chi connectivity index (χ3n) is 2.43. The smallest absolute Gasteiger partial charge is 0.169 e. The van der Waals surface area contributed by atoms with Crippen LogP contribution in [0.15, 0.2) is 10.7 Å². The minimum Gasteiger partial charge on any atom is -0.314 e. The molecule has 1 unspecified atom stereocenters. The van der Waals surface area contributed by atoms with Crippen LogP contribution in [0.5, 0.6) is 0 Å². The molecule has 1 saturated heterocycles. The highest BCUT2D eigenvalue weighted by molar-refractivity contribution is 8.00. The van der Waals surface area contributed by atoms with Crippen LogP contribution in [0.2, 0.25) is 0 Å². The van der Waals surface area contributed by atoms with Crippen molar-refractivity contribution in [2.75, 3.05) is 12.3 Å². The number of thioether (sulfide) groups is 1. The molecule has 1 aliphatic heterocycles. The fourth-order valence-electron chi connectivity index (χ4n) is 1.72. The first-order valence-electron chi connectivity index (χ1n) is 5.08. The number of aromatic nitrogens is 2. The minimum absolute atomic E-state index is 0.782. The Bertz CT molecular complexity index is 245. The van der Waals surface area contributed by atoms with Gasteiger partial charge in [-0.25, -0.2) is 4.98 Å². The van der Waals surface area contributed by atoms with Gasteiger partial charge in [-0.05, 0) is 43.8 Å². The van der Waals surface area contributed by atoms with Crippen molar-refractivity contribution in [1.82, 2.24) is 14.7 Å². The van der Waals surface area contributed by atoms with Gasteiger partial charge in [0.15, 0.2) is 4.34 Å². The highest BCUT2D eigenvalue weighted by atomic mass is 32.2. The van der Waals surface area contributed by atoms with Gasteiger partial charge in [0.05, 0.1) is 0 Å². The average Bonchev–Trinajstić information content (AvgIpc) is 2.86. The van der Waals surface area contributed by atoms with Crippen molar-refractivity contribution in [2.45, 2.75) is 36.1 Å². The molecule has 1 aliphatic rings. The minimum atomic E-state index is 0.782. The van der Waals surface area contributed by atoms with Crippen LogP contribution in [-0.2, 0) is 0 Å². The molecule has 78 valence electrons. The number of rotatable bonds is 5. The molecule has 0 aromatic carbocycles. The van der Waals surface area contributed by atoms with Gasteiger partial charge >= 0.3 is 0 Å². The summed E-state index contributed by atoms with van der Waals surface area (Å²) < 4.78 is 5.08. The van der Waals surface area contributed by atoms with E-state index in [1.807, 2.05) is 11.8 Å². The summed E-state index contributed by atoms with van der Waals surface area (Å²) in [6.45, 7) is 1.22. The quantitative estimate of drug-likeness (QED) is 0.620. The standard InChI is InChI=1S/C9H15N3S2/c1-3-8(10-5-1)4-2-6-13-9-11-7-12-14-9/h7-8,10H,1-6H2. The molecule has 0 saturated carbocycles. The van der Waals surface area contributed by atoms with Crippen LogP contribution in [0.4, 0.5) is 0 Å². The Hall–Kier alpha value is -0.130. The Morgan fingerprint density at radius 3 is 3.36 bits per heavy atom. The van der Waals surface area contributed by atoms with Gasteiger partial charge in [0.1, 0.15) is 6.33 Å². The summed E-state index contributed by atoms with van der Waals surface area (Å²) in [4.78, 5) is 4.14. The number of nitrogens with one attached hydrogen (secondary N) is 1. The summed E-state index contributed by atoms with van der Waals surface area (Å²) in [6.07, 6.45) is 6.94. The molecule has 1 aromatic heterocycles. The topological polar surface area (TPSA) is 37.8 Å². The van der Waals surface area contributed by atoms with Gasteiger partial charge in [-0.3, -0.25) is 0 Å². The lowest BCUT2D eigenvalue weighted by molar-refractivity contribution is 0.553. The molecule has 1 N–H and O–H groups in total. The van der Waals surface area contributed by atoms with Gasteiger partial charge in [-0.2, -0.15) is 4.37 Å². The van der Waals surface area contributed by atoms with E-state index in [-0.39, 0.29) is 0 Å². The van der Waals surface area contributed by atoms with E-state index in [9.17, 15) is 0 Å². The molecule has 3 nitrogen and oxygen atoms in total. The highest BCUT2D eigenvalue weighted by Crippen LogP contribution is 2.20. The highest BCUT2D eigenvalue weighted by Gasteiger charge is 2.12. The largest absolute Gasteiger partial charge is 0.314 e. The molecule has 0 amide bonds. The van der Waals surface area contributed by atoms with Crippen molar-refractivity contribution in [3.05, 3.63) is 6.33 Å². The average molecular weight is 229 g/mol. The number of hydrogen-bond donors (Lipinski definition) is 1. The molecular formula is C9H15N3S2. The predicted molar refractivity (Wildman–Crippen MR) is 60.9 cm³/mol. The van der Waals surface area contributed by atoms with E-state index in [0.717, 1.165) is 10.4 Å². The maximum absolute atomic E-state index is 4.14. The lowest BCUT2D eigenvalue weighted by Gasteiger charge is -2.08. The zero-order chi connectivity index (χ0) is 9.64. The van der Waals surface area contributed by atoms with Crippen molar-refractivity contribution < 1.29 is 0 Å². The van der Waals surface area contributed by atoms with Gasteiger partial charge in [0.25, 0.3) is 0 Å². The summed E-state index contributed by atoms with van der Waals surface area (Å²) in [7, 11) is 0. The zero-order valence-electron chi connectivity index (χ0n) is 8.11. The summed E-state index contributed by atoms with van der Waals surface area (Å²) in [5.74, 6) is 1.17. The fourth-order valence-corrected chi connectivity index (χ4v) is 3.19. The molecule has 2 rings (SSSR count). The third kappa shape index (κ3) is 3.22. The molecule has 2 heterocycles. The molecule has 14 heavy (non-hydrogen) atoms. The summed E-state index contributed by atoms with van der Waals surface area (Å²) >= 11 is 3.32. The first-order valence-corrected chi connectivity index (χ1v) is 6.84. The number of nitrogens with zero attached hydrogens (tertiary/aromatic N) is 2. The van der Waals surface area contributed by atoms with Crippen LogP contribution in [-0.4, -0.2) is 27.7 Å². The van der Waals surface area contributed by atoms with Gasteiger partial charge in [0.2, 0.25) is 0 Å². The second kappa shape index (κ2) is 5.68.